The lowest BCUT2D eigenvalue weighted by molar-refractivity contribution is -0.137. The van der Waals surface area contributed by atoms with Gasteiger partial charge in [0.05, 0.1) is 7.11 Å². The lowest BCUT2D eigenvalue weighted by Gasteiger charge is -1.80. The lowest BCUT2D eigenvalue weighted by atomic mass is 10.6. The predicted octanol–water partition coefficient (Wildman–Crippen LogP) is 1.02. The molecule has 0 amide bonds. The van der Waals surface area contributed by atoms with Crippen LogP contribution in [0.25, 0.3) is 0 Å². The van der Waals surface area contributed by atoms with E-state index in [1.54, 1.807) is 0 Å². The molecule has 0 heterocycles. The van der Waals surface area contributed by atoms with Gasteiger partial charge in [-0.3, -0.25) is 4.79 Å². The highest BCUT2D eigenvalue weighted by Gasteiger charge is 1.75. The second-order valence-corrected chi connectivity index (χ2v) is 1.60. The maximum Gasteiger partial charge on any atom is 0.302 e. The van der Waals surface area contributed by atoms with Gasteiger partial charge in [0.1, 0.15) is 5.78 Å². The zero-order valence-corrected chi connectivity index (χ0v) is 6.22. The number of hydrogen-bond acceptors (Lipinski definition) is 3. The molecule has 0 aromatic rings. The van der Waals surface area contributed by atoms with Crippen molar-refractivity contribution in [2.45, 2.75) is 20.8 Å². The molecule has 0 bridgehead atoms. The Morgan fingerprint density at radius 2 is 1.33 bits per heavy atom. The van der Waals surface area contributed by atoms with Crippen LogP contribution < -0.4 is 0 Å². The third kappa shape index (κ3) is 145. The van der Waals surface area contributed by atoms with Crippen molar-refractivity contribution in [3.63, 3.8) is 0 Å². The minimum Gasteiger partial charge on any atom is -0.469 e. The molecule has 0 aliphatic rings. The summed E-state index contributed by atoms with van der Waals surface area (Å²) >= 11 is 0. The molecule has 9 heavy (non-hydrogen) atoms. The molecule has 0 saturated heterocycles. The van der Waals surface area contributed by atoms with E-state index in [1.165, 1.54) is 27.9 Å². The number of rotatable bonds is 0. The number of esters is 1. The Bertz CT molecular complexity index is 97.2. The van der Waals surface area contributed by atoms with Crippen molar-refractivity contribution >= 4 is 11.8 Å². The minimum absolute atomic E-state index is 0. The molecule has 3 heteroatoms. The fourth-order valence-corrected chi connectivity index (χ4v) is 0. The van der Waals surface area contributed by atoms with Gasteiger partial charge in [-0.25, -0.2) is 0 Å². The third-order valence-electron chi connectivity index (χ3n) is 0.287. The third-order valence-corrected chi connectivity index (χ3v) is 0.287. The van der Waals surface area contributed by atoms with Gasteiger partial charge in [-0.1, -0.05) is 0 Å². The van der Waals surface area contributed by atoms with E-state index in [9.17, 15) is 9.59 Å². The highest BCUT2D eigenvalue weighted by molar-refractivity contribution is 5.72. The van der Waals surface area contributed by atoms with Crippen LogP contribution in [-0.4, -0.2) is 18.9 Å². The van der Waals surface area contributed by atoms with E-state index in [-0.39, 0.29) is 13.2 Å². The summed E-state index contributed by atoms with van der Waals surface area (Å²) in [5, 5.41) is 0. The van der Waals surface area contributed by atoms with Crippen molar-refractivity contribution in [1.29, 1.82) is 0 Å². The summed E-state index contributed by atoms with van der Waals surface area (Å²) in [5.74, 6) is -0.0787. The Hall–Kier alpha value is -0.860. The predicted molar refractivity (Wildman–Crippen MR) is 36.2 cm³/mol. The van der Waals surface area contributed by atoms with E-state index in [4.69, 9.17) is 0 Å². The Kier molecular flexibility index (Phi) is 8.73. The van der Waals surface area contributed by atoms with Gasteiger partial charge >= 0.3 is 5.97 Å². The zero-order valence-electron chi connectivity index (χ0n) is 6.22. The van der Waals surface area contributed by atoms with E-state index >= 15 is 0 Å². The van der Waals surface area contributed by atoms with Crippen molar-refractivity contribution in [1.82, 2.24) is 0 Å². The van der Waals surface area contributed by atoms with E-state index in [0.717, 1.165) is 0 Å². The van der Waals surface area contributed by atoms with Crippen LogP contribution in [0, 0.1) is 0 Å². The molecule has 3 nitrogen and oxygen atoms in total. The summed E-state index contributed by atoms with van der Waals surface area (Å²) in [5.41, 5.74) is 0. The molecule has 0 unspecified atom stereocenters. The molecular formula is C6H14O3. The van der Waals surface area contributed by atoms with E-state index in [1.807, 2.05) is 0 Å². The number of hydrogen-bond donors (Lipinski definition) is 0. The lowest BCUT2D eigenvalue weighted by Crippen LogP contribution is -1.88. The quantitative estimate of drug-likeness (QED) is 0.467. The van der Waals surface area contributed by atoms with Gasteiger partial charge in [0.25, 0.3) is 0 Å². The number of carbonyl (C=O) groups excluding carboxylic acids is 2. The van der Waals surface area contributed by atoms with Crippen LogP contribution in [0.2, 0.25) is 0 Å². The number of ketones is 1. The highest BCUT2D eigenvalue weighted by Crippen LogP contribution is 1.60. The fourth-order valence-electron chi connectivity index (χ4n) is 0. The summed E-state index contributed by atoms with van der Waals surface area (Å²) < 4.78 is 4.11. The van der Waals surface area contributed by atoms with Crippen LogP contribution in [0.3, 0.4) is 0 Å². The van der Waals surface area contributed by atoms with Gasteiger partial charge in [-0.05, 0) is 13.8 Å². The molecule has 56 valence electrons. The topological polar surface area (TPSA) is 43.4 Å². The van der Waals surface area contributed by atoms with Crippen LogP contribution in [0.1, 0.15) is 22.2 Å². The van der Waals surface area contributed by atoms with Crippen molar-refractivity contribution < 1.29 is 15.8 Å². The first-order chi connectivity index (χ1) is 4.00. The number of Topliss-reactive ketones (excluding diaryl/α,β-unsaturated/α-hetero) is 1. The molecule has 0 rings (SSSR count). The van der Waals surface area contributed by atoms with Crippen molar-refractivity contribution in [2.75, 3.05) is 7.11 Å². The summed E-state index contributed by atoms with van der Waals surface area (Å²) in [6, 6.07) is 0. The van der Waals surface area contributed by atoms with Crippen LogP contribution in [-0.2, 0) is 14.3 Å². The van der Waals surface area contributed by atoms with Gasteiger partial charge in [-0.15, -0.1) is 0 Å². The molecule has 0 spiro atoms. The van der Waals surface area contributed by atoms with Crippen molar-refractivity contribution in [3.8, 4) is 0 Å². The Labute approximate surface area is 56.5 Å². The summed E-state index contributed by atoms with van der Waals surface area (Å²) in [4.78, 5) is 19.0. The Morgan fingerprint density at radius 1 is 1.22 bits per heavy atom. The first kappa shape index (κ1) is 11.0. The second-order valence-electron chi connectivity index (χ2n) is 1.60. The second kappa shape index (κ2) is 7.14. The fraction of sp³-hybridized carbons (Fsp3) is 0.667. The van der Waals surface area contributed by atoms with Crippen LogP contribution in [0.15, 0.2) is 0 Å². The molecule has 0 atom stereocenters. The van der Waals surface area contributed by atoms with Gasteiger partial charge in [0.15, 0.2) is 0 Å². The highest BCUT2D eigenvalue weighted by atomic mass is 16.5. The molecule has 0 saturated carbocycles. The van der Waals surface area contributed by atoms with E-state index < -0.39 is 0 Å². The monoisotopic (exact) mass is 136 g/mol. The number of methoxy groups -OCH3 is 1. The number of carbonyl (C=O) groups is 2. The average Bonchev–Trinajstić information content (AvgIpc) is 1.65. The Balaban J connectivity index is -0.0000000910. The summed E-state index contributed by atoms with van der Waals surface area (Å²) in [6.07, 6.45) is 0. The molecule has 0 aromatic heterocycles. The molecule has 0 fully saturated rings. The minimum atomic E-state index is -0.245. The normalized spacial score (nSPS) is 6.67. The van der Waals surface area contributed by atoms with Crippen molar-refractivity contribution in [2.24, 2.45) is 0 Å². The average molecular weight is 136 g/mol. The SMILES string of the molecule is CC(C)=O.COC(C)=O.[3HH]. The van der Waals surface area contributed by atoms with Crippen LogP contribution >= 0.6 is 0 Å². The van der Waals surface area contributed by atoms with Gasteiger partial charge < -0.3 is 9.53 Å². The number of ether oxygens (including phenoxy) is 1. The van der Waals surface area contributed by atoms with Gasteiger partial charge in [-0.2, -0.15) is 0 Å². The maximum atomic E-state index is 9.59. The standard InChI is InChI=1S/C3H6O2.C3H6O.H2/c1-3(4)5-2;1-3(2)4;/h1-2H3;1-2H3;1H/i;;1+2. The molecular weight excluding hydrogens is 120 g/mol. The van der Waals surface area contributed by atoms with Crippen molar-refractivity contribution in [3.05, 3.63) is 0 Å². The molecule has 0 aromatic carbocycles. The first-order valence-corrected chi connectivity index (χ1v) is 2.52. The maximum absolute atomic E-state index is 9.59. The van der Waals surface area contributed by atoms with Gasteiger partial charge in [0, 0.05) is 8.35 Å². The van der Waals surface area contributed by atoms with E-state index in [2.05, 4.69) is 4.74 Å². The zero-order chi connectivity index (χ0) is 7.86. The summed E-state index contributed by atoms with van der Waals surface area (Å²) in [7, 11) is 1.35. The molecule has 0 radical (unpaired) electrons. The van der Waals surface area contributed by atoms with Crippen LogP contribution in [0.5, 0.6) is 0 Å². The molecule has 0 aliphatic carbocycles. The largest absolute Gasteiger partial charge is 0.469 e. The molecule has 0 aliphatic heterocycles. The van der Waals surface area contributed by atoms with Crippen LogP contribution in [0.4, 0.5) is 0 Å². The van der Waals surface area contributed by atoms with E-state index in [0.29, 0.717) is 0 Å². The summed E-state index contributed by atoms with van der Waals surface area (Å²) in [6.45, 7) is 4.42. The first-order valence-electron chi connectivity index (χ1n) is 2.52. The van der Waals surface area contributed by atoms with Gasteiger partial charge in [0.2, 0.25) is 0 Å². The molecule has 0 N–H and O–H groups in total. The Morgan fingerprint density at radius 3 is 1.33 bits per heavy atom. The smallest absolute Gasteiger partial charge is 0.302 e.